The number of carbonyl (C=O) groups is 1. The summed E-state index contributed by atoms with van der Waals surface area (Å²) in [5.41, 5.74) is 2.13. The number of thiophene rings is 1. The quantitative estimate of drug-likeness (QED) is 0.407. The molecule has 5 heteroatoms. The Labute approximate surface area is 174 Å². The highest BCUT2D eigenvalue weighted by atomic mass is 32.1. The number of ether oxygens (including phenoxy) is 1. The molecule has 4 aromatic rings. The van der Waals surface area contributed by atoms with E-state index in [1.165, 1.54) is 11.3 Å². The van der Waals surface area contributed by atoms with Gasteiger partial charge in [0, 0.05) is 6.20 Å². The van der Waals surface area contributed by atoms with E-state index in [9.17, 15) is 4.79 Å². The Bertz CT molecular complexity index is 1030. The number of amides is 1. The molecule has 0 aliphatic carbocycles. The molecule has 2 heterocycles. The fraction of sp³-hybridized carbons (Fsp3) is 0.0833. The number of rotatable bonds is 7. The zero-order chi connectivity index (χ0) is 19.9. The number of pyridine rings is 1. The van der Waals surface area contributed by atoms with E-state index < -0.39 is 0 Å². The Morgan fingerprint density at radius 2 is 1.66 bits per heavy atom. The van der Waals surface area contributed by atoms with Gasteiger partial charge in [0.25, 0.3) is 5.91 Å². The van der Waals surface area contributed by atoms with Crippen LogP contribution < -0.4 is 9.64 Å². The molecule has 0 bridgehead atoms. The second kappa shape index (κ2) is 9.17. The van der Waals surface area contributed by atoms with Gasteiger partial charge < -0.3 is 4.74 Å². The molecule has 2 aromatic heterocycles. The number of carbonyl (C=O) groups excluding carboxylic acids is 1. The highest BCUT2D eigenvalue weighted by Gasteiger charge is 2.20. The van der Waals surface area contributed by atoms with E-state index in [2.05, 4.69) is 4.98 Å². The highest BCUT2D eigenvalue weighted by molar-refractivity contribution is 7.12. The number of benzene rings is 2. The van der Waals surface area contributed by atoms with Crippen LogP contribution in [0.3, 0.4) is 0 Å². The summed E-state index contributed by atoms with van der Waals surface area (Å²) in [5.74, 6) is 1.38. The maximum atomic E-state index is 13.0. The molecule has 0 saturated heterocycles. The van der Waals surface area contributed by atoms with Crippen molar-refractivity contribution >= 4 is 23.1 Å². The van der Waals surface area contributed by atoms with E-state index in [0.29, 0.717) is 23.8 Å². The standard InChI is InChI=1S/C24H20N2O2S/c27-24(22-9-6-16-29-22)26(23-10-4-5-15-25-23)17-19-11-13-21(14-12-19)28-18-20-7-2-1-3-8-20/h1-16H,17-18H2. The first-order chi connectivity index (χ1) is 14.3. The highest BCUT2D eigenvalue weighted by Crippen LogP contribution is 2.22. The molecule has 0 aliphatic heterocycles. The van der Waals surface area contributed by atoms with Crippen LogP contribution in [0.15, 0.2) is 96.5 Å². The van der Waals surface area contributed by atoms with Crippen molar-refractivity contribution in [2.24, 2.45) is 0 Å². The molecule has 4 rings (SSSR count). The lowest BCUT2D eigenvalue weighted by molar-refractivity contribution is 0.0988. The minimum atomic E-state index is -0.0527. The molecule has 0 fully saturated rings. The maximum Gasteiger partial charge on any atom is 0.269 e. The number of hydrogen-bond acceptors (Lipinski definition) is 4. The summed E-state index contributed by atoms with van der Waals surface area (Å²) in [4.78, 5) is 19.8. The smallest absolute Gasteiger partial charge is 0.269 e. The first-order valence-corrected chi connectivity index (χ1v) is 10.2. The molecule has 144 valence electrons. The summed E-state index contributed by atoms with van der Waals surface area (Å²) in [7, 11) is 0. The molecule has 2 aromatic carbocycles. The molecule has 4 nitrogen and oxygen atoms in total. The molecule has 29 heavy (non-hydrogen) atoms. The average Bonchev–Trinajstić information content (AvgIpc) is 3.33. The zero-order valence-corrected chi connectivity index (χ0v) is 16.6. The van der Waals surface area contributed by atoms with Gasteiger partial charge in [-0.2, -0.15) is 0 Å². The summed E-state index contributed by atoms with van der Waals surface area (Å²) in [6.07, 6.45) is 1.70. The Hall–Kier alpha value is -3.44. The van der Waals surface area contributed by atoms with Crippen molar-refractivity contribution in [3.63, 3.8) is 0 Å². The monoisotopic (exact) mass is 400 g/mol. The maximum absolute atomic E-state index is 13.0. The lowest BCUT2D eigenvalue weighted by atomic mass is 10.2. The van der Waals surface area contributed by atoms with Gasteiger partial charge in [0.2, 0.25) is 0 Å². The van der Waals surface area contributed by atoms with Gasteiger partial charge >= 0.3 is 0 Å². The van der Waals surface area contributed by atoms with Crippen molar-refractivity contribution in [2.75, 3.05) is 4.90 Å². The Morgan fingerprint density at radius 1 is 0.862 bits per heavy atom. The van der Waals surface area contributed by atoms with E-state index >= 15 is 0 Å². The van der Waals surface area contributed by atoms with Crippen LogP contribution in [0, 0.1) is 0 Å². The molecular weight excluding hydrogens is 380 g/mol. The first kappa shape index (κ1) is 18.9. The topological polar surface area (TPSA) is 42.4 Å². The van der Waals surface area contributed by atoms with Crippen molar-refractivity contribution in [3.05, 3.63) is 113 Å². The van der Waals surface area contributed by atoms with Crippen LogP contribution in [0.1, 0.15) is 20.8 Å². The average molecular weight is 401 g/mol. The second-order valence-corrected chi connectivity index (χ2v) is 7.42. The van der Waals surface area contributed by atoms with Gasteiger partial charge in [0.05, 0.1) is 11.4 Å². The SMILES string of the molecule is O=C(c1cccs1)N(Cc1ccc(OCc2ccccc2)cc1)c1ccccn1. The predicted octanol–water partition coefficient (Wildman–Crippen LogP) is 5.57. The van der Waals surface area contributed by atoms with E-state index in [-0.39, 0.29) is 5.91 Å². The number of anilines is 1. The van der Waals surface area contributed by atoms with Gasteiger partial charge in [0.15, 0.2) is 0 Å². The predicted molar refractivity (Wildman–Crippen MR) is 116 cm³/mol. The molecule has 0 radical (unpaired) electrons. The van der Waals surface area contributed by atoms with E-state index in [4.69, 9.17) is 4.74 Å². The van der Waals surface area contributed by atoms with Crippen LogP contribution >= 0.6 is 11.3 Å². The van der Waals surface area contributed by atoms with E-state index in [1.807, 2.05) is 90.3 Å². The van der Waals surface area contributed by atoms with E-state index in [0.717, 1.165) is 16.9 Å². The van der Waals surface area contributed by atoms with Gasteiger partial charge in [-0.25, -0.2) is 4.98 Å². The fourth-order valence-electron chi connectivity index (χ4n) is 2.92. The van der Waals surface area contributed by atoms with Crippen LogP contribution in [0.4, 0.5) is 5.82 Å². The van der Waals surface area contributed by atoms with Crippen LogP contribution in [-0.4, -0.2) is 10.9 Å². The van der Waals surface area contributed by atoms with Crippen LogP contribution in [0.25, 0.3) is 0 Å². The summed E-state index contributed by atoms with van der Waals surface area (Å²) in [6.45, 7) is 0.962. The van der Waals surface area contributed by atoms with Crippen LogP contribution in [0.5, 0.6) is 5.75 Å². The minimum absolute atomic E-state index is 0.0527. The van der Waals surface area contributed by atoms with Crippen molar-refractivity contribution in [3.8, 4) is 5.75 Å². The van der Waals surface area contributed by atoms with Crippen molar-refractivity contribution in [2.45, 2.75) is 13.2 Å². The minimum Gasteiger partial charge on any atom is -0.489 e. The Kier molecular flexibility index (Phi) is 5.98. The Morgan fingerprint density at radius 3 is 2.34 bits per heavy atom. The fourth-order valence-corrected chi connectivity index (χ4v) is 3.59. The summed E-state index contributed by atoms with van der Waals surface area (Å²) >= 11 is 1.43. The van der Waals surface area contributed by atoms with Gasteiger partial charge in [0.1, 0.15) is 18.2 Å². The van der Waals surface area contributed by atoms with Crippen LogP contribution in [0.2, 0.25) is 0 Å². The first-order valence-electron chi connectivity index (χ1n) is 9.32. The van der Waals surface area contributed by atoms with Crippen molar-refractivity contribution in [1.29, 1.82) is 0 Å². The summed E-state index contributed by atoms with van der Waals surface area (Å²) in [5, 5.41) is 1.91. The molecule has 0 saturated carbocycles. The lowest BCUT2D eigenvalue weighted by Gasteiger charge is -2.21. The van der Waals surface area contributed by atoms with Gasteiger partial charge in [-0.3, -0.25) is 9.69 Å². The van der Waals surface area contributed by atoms with Crippen molar-refractivity contribution < 1.29 is 9.53 Å². The van der Waals surface area contributed by atoms with Crippen molar-refractivity contribution in [1.82, 2.24) is 4.98 Å². The molecule has 0 atom stereocenters. The zero-order valence-electron chi connectivity index (χ0n) is 15.8. The third-order valence-corrected chi connectivity index (χ3v) is 5.27. The van der Waals surface area contributed by atoms with Gasteiger partial charge in [-0.1, -0.05) is 54.6 Å². The summed E-state index contributed by atoms with van der Waals surface area (Å²) in [6, 6.07) is 27.2. The largest absolute Gasteiger partial charge is 0.489 e. The normalized spacial score (nSPS) is 10.5. The lowest BCUT2D eigenvalue weighted by Crippen LogP contribution is -2.30. The Balaban J connectivity index is 1.48. The molecule has 0 aliphatic rings. The number of aromatic nitrogens is 1. The van der Waals surface area contributed by atoms with Gasteiger partial charge in [-0.15, -0.1) is 11.3 Å². The number of nitrogens with zero attached hydrogens (tertiary/aromatic N) is 2. The third-order valence-electron chi connectivity index (χ3n) is 4.42. The van der Waals surface area contributed by atoms with Crippen LogP contribution in [-0.2, 0) is 13.2 Å². The van der Waals surface area contributed by atoms with E-state index in [1.54, 1.807) is 11.1 Å². The second-order valence-electron chi connectivity index (χ2n) is 6.47. The summed E-state index contributed by atoms with van der Waals surface area (Å²) < 4.78 is 5.85. The third kappa shape index (κ3) is 4.89. The molecule has 1 amide bonds. The van der Waals surface area contributed by atoms with Gasteiger partial charge in [-0.05, 0) is 46.8 Å². The molecule has 0 spiro atoms. The number of hydrogen-bond donors (Lipinski definition) is 0. The molecule has 0 N–H and O–H groups in total. The molecule has 0 unspecified atom stereocenters. The molecular formula is C24H20N2O2S.